The van der Waals surface area contributed by atoms with Crippen LogP contribution in [0, 0.1) is 11.8 Å². The second-order valence-corrected chi connectivity index (χ2v) is 6.03. The Labute approximate surface area is 118 Å². The van der Waals surface area contributed by atoms with Crippen molar-refractivity contribution in [1.29, 1.82) is 0 Å². The highest BCUT2D eigenvalue weighted by atomic mass is 35.5. The van der Waals surface area contributed by atoms with Crippen LogP contribution in [0.4, 0.5) is 0 Å². The van der Waals surface area contributed by atoms with Gasteiger partial charge < -0.3 is 0 Å². The highest BCUT2D eigenvalue weighted by Gasteiger charge is 2.27. The zero-order valence-electron chi connectivity index (χ0n) is 10.6. The first-order chi connectivity index (χ1) is 8.60. The van der Waals surface area contributed by atoms with E-state index in [1.807, 2.05) is 0 Å². The quantitative estimate of drug-likeness (QED) is 0.680. The number of carbonyl (C=O) groups is 1. The summed E-state index contributed by atoms with van der Waals surface area (Å²) in [4.78, 5) is 12.4. The van der Waals surface area contributed by atoms with E-state index in [1.54, 1.807) is 18.2 Å². The molecule has 0 bridgehead atoms. The van der Waals surface area contributed by atoms with Crippen LogP contribution in [0.25, 0.3) is 0 Å². The molecule has 18 heavy (non-hydrogen) atoms. The predicted octanol–water partition coefficient (Wildman–Crippen LogP) is 5.39. The lowest BCUT2D eigenvalue weighted by Gasteiger charge is -2.27. The average Bonchev–Trinajstić information content (AvgIpc) is 2.37. The molecule has 1 aliphatic carbocycles. The van der Waals surface area contributed by atoms with E-state index in [9.17, 15) is 4.79 Å². The van der Waals surface area contributed by atoms with Crippen molar-refractivity contribution in [2.24, 2.45) is 11.8 Å². The topological polar surface area (TPSA) is 17.1 Å². The molecule has 1 aliphatic rings. The van der Waals surface area contributed by atoms with Gasteiger partial charge in [0.2, 0.25) is 0 Å². The molecule has 98 valence electrons. The van der Waals surface area contributed by atoms with E-state index >= 15 is 0 Å². The molecule has 1 saturated carbocycles. The molecule has 0 saturated heterocycles. The third kappa shape index (κ3) is 3.27. The van der Waals surface area contributed by atoms with Gasteiger partial charge in [0.05, 0.1) is 0 Å². The van der Waals surface area contributed by atoms with Crippen molar-refractivity contribution in [2.75, 3.05) is 0 Å². The highest BCUT2D eigenvalue weighted by Crippen LogP contribution is 2.33. The standard InChI is InChI=1S/C15H18Cl2O/c1-2-10-4-3-5-11(6-10)15(18)12-7-13(16)9-14(17)8-12/h7-11H,2-6H2,1H3. The first kappa shape index (κ1) is 13.9. The van der Waals surface area contributed by atoms with Gasteiger partial charge in [-0.2, -0.15) is 0 Å². The predicted molar refractivity (Wildman–Crippen MR) is 76.5 cm³/mol. The minimum atomic E-state index is 0.151. The summed E-state index contributed by atoms with van der Waals surface area (Å²) in [5, 5.41) is 1.07. The molecule has 0 heterocycles. The van der Waals surface area contributed by atoms with Crippen LogP contribution in [0.2, 0.25) is 10.0 Å². The van der Waals surface area contributed by atoms with E-state index in [4.69, 9.17) is 23.2 Å². The fourth-order valence-corrected chi connectivity index (χ4v) is 3.36. The van der Waals surface area contributed by atoms with Gasteiger partial charge in [0.1, 0.15) is 0 Å². The largest absolute Gasteiger partial charge is 0.294 e. The maximum atomic E-state index is 12.4. The third-order valence-electron chi connectivity index (χ3n) is 3.88. The van der Waals surface area contributed by atoms with Crippen LogP contribution in [0.1, 0.15) is 49.4 Å². The third-order valence-corrected chi connectivity index (χ3v) is 4.31. The van der Waals surface area contributed by atoms with E-state index < -0.39 is 0 Å². The summed E-state index contributed by atoms with van der Waals surface area (Å²) in [6.45, 7) is 2.20. The number of benzene rings is 1. The second kappa shape index (κ2) is 6.08. The smallest absolute Gasteiger partial charge is 0.166 e. The summed E-state index contributed by atoms with van der Waals surface area (Å²) in [6.07, 6.45) is 5.60. The van der Waals surface area contributed by atoms with Crippen molar-refractivity contribution >= 4 is 29.0 Å². The Balaban J connectivity index is 2.15. The van der Waals surface area contributed by atoms with Gasteiger partial charge in [-0.3, -0.25) is 4.79 Å². The summed E-state index contributed by atoms with van der Waals surface area (Å²) >= 11 is 11.9. The lowest BCUT2D eigenvalue weighted by Crippen LogP contribution is -2.22. The molecule has 0 aliphatic heterocycles. The van der Waals surface area contributed by atoms with Gasteiger partial charge in [-0.25, -0.2) is 0 Å². The zero-order valence-corrected chi connectivity index (χ0v) is 12.1. The van der Waals surface area contributed by atoms with Crippen molar-refractivity contribution in [3.63, 3.8) is 0 Å². The molecule has 1 aromatic carbocycles. The number of halogens is 2. The SMILES string of the molecule is CCC1CCCC(C(=O)c2cc(Cl)cc(Cl)c2)C1. The summed E-state index contributed by atoms with van der Waals surface area (Å²) in [5.74, 6) is 1.05. The first-order valence-corrected chi connectivity index (χ1v) is 7.36. The van der Waals surface area contributed by atoms with Gasteiger partial charge in [0.15, 0.2) is 5.78 Å². The first-order valence-electron chi connectivity index (χ1n) is 6.60. The fraction of sp³-hybridized carbons (Fsp3) is 0.533. The highest BCUT2D eigenvalue weighted by molar-refractivity contribution is 6.35. The maximum absolute atomic E-state index is 12.4. The van der Waals surface area contributed by atoms with Crippen molar-refractivity contribution in [1.82, 2.24) is 0 Å². The molecule has 3 heteroatoms. The molecule has 1 nitrogen and oxygen atoms in total. The minimum absolute atomic E-state index is 0.151. The Kier molecular flexibility index (Phi) is 4.69. The van der Waals surface area contributed by atoms with E-state index in [1.165, 1.54) is 12.8 Å². The Hall–Kier alpha value is -0.530. The van der Waals surface area contributed by atoms with Crippen LogP contribution in [0.15, 0.2) is 18.2 Å². The number of hydrogen-bond donors (Lipinski definition) is 0. The maximum Gasteiger partial charge on any atom is 0.166 e. The molecule has 0 radical (unpaired) electrons. The van der Waals surface area contributed by atoms with Gasteiger partial charge >= 0.3 is 0 Å². The van der Waals surface area contributed by atoms with Gasteiger partial charge in [-0.15, -0.1) is 0 Å². The molecule has 0 amide bonds. The monoisotopic (exact) mass is 284 g/mol. The van der Waals surface area contributed by atoms with E-state index in [0.717, 1.165) is 19.3 Å². The van der Waals surface area contributed by atoms with Crippen LogP contribution in [-0.2, 0) is 0 Å². The normalized spacial score (nSPS) is 23.9. The summed E-state index contributed by atoms with van der Waals surface area (Å²) in [7, 11) is 0. The lowest BCUT2D eigenvalue weighted by molar-refractivity contribution is 0.0862. The van der Waals surface area contributed by atoms with Crippen LogP contribution in [-0.4, -0.2) is 5.78 Å². The van der Waals surface area contributed by atoms with Gasteiger partial charge in [-0.1, -0.05) is 49.4 Å². The Morgan fingerprint density at radius 2 is 1.89 bits per heavy atom. The molecule has 1 aromatic rings. The van der Waals surface area contributed by atoms with E-state index in [-0.39, 0.29) is 11.7 Å². The van der Waals surface area contributed by atoms with E-state index in [0.29, 0.717) is 21.5 Å². The van der Waals surface area contributed by atoms with Crippen LogP contribution < -0.4 is 0 Å². The number of Topliss-reactive ketones (excluding diaryl/α,β-unsaturated/α-hetero) is 1. The number of hydrogen-bond acceptors (Lipinski definition) is 1. The van der Waals surface area contributed by atoms with Gasteiger partial charge in [-0.05, 0) is 37.0 Å². The molecule has 2 atom stereocenters. The van der Waals surface area contributed by atoms with Gasteiger partial charge in [0, 0.05) is 21.5 Å². The molecule has 1 fully saturated rings. The van der Waals surface area contributed by atoms with Crippen molar-refractivity contribution in [2.45, 2.75) is 39.0 Å². The molecular weight excluding hydrogens is 267 g/mol. The Morgan fingerprint density at radius 1 is 1.22 bits per heavy atom. The van der Waals surface area contributed by atoms with Crippen molar-refractivity contribution in [3.8, 4) is 0 Å². The minimum Gasteiger partial charge on any atom is -0.294 e. The molecule has 0 aromatic heterocycles. The number of rotatable bonds is 3. The molecular formula is C15H18Cl2O. The summed E-state index contributed by atoms with van der Waals surface area (Å²) in [5.41, 5.74) is 0.661. The van der Waals surface area contributed by atoms with E-state index in [2.05, 4.69) is 6.92 Å². The van der Waals surface area contributed by atoms with Crippen molar-refractivity contribution < 1.29 is 4.79 Å². The average molecular weight is 285 g/mol. The number of carbonyl (C=O) groups excluding carboxylic acids is 1. The Morgan fingerprint density at radius 3 is 2.50 bits per heavy atom. The molecule has 2 rings (SSSR count). The molecule has 0 N–H and O–H groups in total. The zero-order chi connectivity index (χ0) is 13.1. The molecule has 2 unspecified atom stereocenters. The van der Waals surface area contributed by atoms with Crippen LogP contribution >= 0.6 is 23.2 Å². The molecule has 0 spiro atoms. The van der Waals surface area contributed by atoms with Crippen molar-refractivity contribution in [3.05, 3.63) is 33.8 Å². The lowest BCUT2D eigenvalue weighted by atomic mass is 9.77. The second-order valence-electron chi connectivity index (χ2n) is 5.16. The van der Waals surface area contributed by atoms with Gasteiger partial charge in [0.25, 0.3) is 0 Å². The Bertz CT molecular complexity index is 422. The summed E-state index contributed by atoms with van der Waals surface area (Å²) < 4.78 is 0. The summed E-state index contributed by atoms with van der Waals surface area (Å²) in [6, 6.07) is 5.12. The van der Waals surface area contributed by atoms with Crippen LogP contribution in [0.3, 0.4) is 0 Å². The fourth-order valence-electron chi connectivity index (χ4n) is 2.83. The number of ketones is 1. The van der Waals surface area contributed by atoms with Crippen LogP contribution in [0.5, 0.6) is 0 Å².